The summed E-state index contributed by atoms with van der Waals surface area (Å²) in [4.78, 5) is 78.0. The van der Waals surface area contributed by atoms with Crippen molar-refractivity contribution in [2.45, 2.75) is 34.5 Å². The van der Waals surface area contributed by atoms with E-state index in [4.69, 9.17) is 26.2 Å². The molecule has 22 nitrogen and oxygen atoms in total. The summed E-state index contributed by atoms with van der Waals surface area (Å²) in [5.74, 6) is 2.89. The lowest BCUT2D eigenvalue weighted by Gasteiger charge is -2.11. The Morgan fingerprint density at radius 3 is 1.30 bits per heavy atom. The molecule has 0 unspecified atom stereocenters. The average molecular weight is 1510 g/mol. The monoisotopic (exact) mass is 1510 g/mol. The van der Waals surface area contributed by atoms with Crippen LogP contribution in [0.5, 0.6) is 23.0 Å². The number of aromatic nitrogens is 6. The summed E-state index contributed by atoms with van der Waals surface area (Å²) in [6, 6.07) is 38.8. The highest BCUT2D eigenvalue weighted by molar-refractivity contribution is 9.11. The molecule has 3 aliphatic heterocycles. The van der Waals surface area contributed by atoms with Gasteiger partial charge < -0.3 is 19.3 Å². The van der Waals surface area contributed by atoms with Gasteiger partial charge >= 0.3 is 0 Å². The normalized spacial score (nSPS) is 14.5. The molecule has 3 aliphatic rings. The van der Waals surface area contributed by atoms with E-state index in [1.54, 1.807) is 58.1 Å². The van der Waals surface area contributed by atoms with Crippen LogP contribution in [-0.4, -0.2) is 111 Å². The van der Waals surface area contributed by atoms with Gasteiger partial charge in [-0.2, -0.15) is 0 Å². The standard InChI is InChI=1S/C21H17BrN4O3S.C20H15BrN4O4S.C15H12BrNO3S.C6H5N3.CH4.ClH/c1-13-8-17(22)14(10-19-20(27)25(2)21(28)30-19)9-18(13)29-12-15-11-26(24-23-15)16-6-4-3-5-7-16;1-24-19(27)18(30-20(24)28)8-12-7-17(16(26)9-15(12)21)29-11-13-10-25(23-22-13)14-5-3-2-4-6-14;1-4-5-20-12-7-10(11(16)6-9(12)2)8-13-14(18)17(3)15(19)21-13;7-9-8-6-4-2-1-3-5-6;;/h3-11H,12H2,1-2H3;2-10,26H,11H2,1H3;1,6-8H,5H2,2-3H3;1-5H;1H4;1H/b19-10-;18-8-;13-8-;;;. The summed E-state index contributed by atoms with van der Waals surface area (Å²) in [6.45, 7) is 4.35. The van der Waals surface area contributed by atoms with E-state index in [1.807, 2.05) is 117 Å². The number of halogens is 4. The van der Waals surface area contributed by atoms with Crippen LogP contribution in [-0.2, 0) is 27.6 Å². The van der Waals surface area contributed by atoms with Crippen LogP contribution in [0.4, 0.5) is 20.1 Å². The molecule has 29 heteroatoms. The van der Waals surface area contributed by atoms with Crippen LogP contribution in [0.2, 0.25) is 0 Å². The number of nitrogens with zero attached hydrogens (tertiary/aromatic N) is 12. The molecule has 8 aromatic rings. The third-order valence-electron chi connectivity index (χ3n) is 12.6. The van der Waals surface area contributed by atoms with Crippen LogP contribution in [0.3, 0.4) is 0 Å². The van der Waals surface area contributed by atoms with E-state index < -0.39 is 0 Å². The number of rotatable bonds is 14. The van der Waals surface area contributed by atoms with Crippen molar-refractivity contribution in [2.24, 2.45) is 5.11 Å². The average Bonchev–Trinajstić information content (AvgIpc) is 1.61. The lowest BCUT2D eigenvalue weighted by molar-refractivity contribution is -0.122. The minimum atomic E-state index is -0.370. The number of imide groups is 3. The number of azide groups is 1. The van der Waals surface area contributed by atoms with Crippen LogP contribution in [0.25, 0.3) is 40.0 Å². The first-order chi connectivity index (χ1) is 43.2. The van der Waals surface area contributed by atoms with E-state index >= 15 is 0 Å². The fraction of sp³-hybridized carbons (Fsp3) is 0.143. The van der Waals surface area contributed by atoms with E-state index in [2.05, 4.69) is 84.4 Å². The first kappa shape index (κ1) is 72.2. The van der Waals surface area contributed by atoms with Crippen molar-refractivity contribution in [3.8, 4) is 46.7 Å². The molecule has 1 N–H and O–H groups in total. The number of thioether (sulfide) groups is 3. The molecule has 3 saturated heterocycles. The summed E-state index contributed by atoms with van der Waals surface area (Å²) in [7, 11) is 4.37. The molecule has 2 aromatic heterocycles. The van der Waals surface area contributed by atoms with Gasteiger partial charge in [-0.3, -0.25) is 43.5 Å². The number of hydrogen-bond acceptors (Lipinski definition) is 18. The van der Waals surface area contributed by atoms with Crippen LogP contribution in [0.15, 0.2) is 173 Å². The molecule has 6 aromatic carbocycles. The minimum Gasteiger partial charge on any atom is -0.504 e. The number of terminal acetylenes is 1. The Kier molecular flexibility index (Phi) is 26.6. The lowest BCUT2D eigenvalue weighted by atomic mass is 10.1. The Labute approximate surface area is 572 Å². The molecule has 0 saturated carbocycles. The summed E-state index contributed by atoms with van der Waals surface area (Å²) >= 11 is 13.0. The Hall–Kier alpha value is -8.91. The Morgan fingerprint density at radius 2 is 0.935 bits per heavy atom. The Balaban J connectivity index is 0.000000205. The number of carbonyl (C=O) groups is 6. The molecule has 0 bridgehead atoms. The number of ether oxygens (including phenoxy) is 3. The van der Waals surface area contributed by atoms with Crippen molar-refractivity contribution >= 4 is 153 Å². The van der Waals surface area contributed by atoms with Gasteiger partial charge in [-0.1, -0.05) is 143 Å². The molecule has 0 radical (unpaired) electrons. The maximum atomic E-state index is 12.2. The quantitative estimate of drug-likeness (QED) is 0.0348. The molecule has 3 fully saturated rings. The number of phenols is 1. The summed E-state index contributed by atoms with van der Waals surface area (Å²) in [6.07, 6.45) is 13.7. The van der Waals surface area contributed by atoms with Crippen molar-refractivity contribution in [3.05, 3.63) is 218 Å². The van der Waals surface area contributed by atoms with Gasteiger partial charge in [0, 0.05) is 45.2 Å². The predicted octanol–water partition coefficient (Wildman–Crippen LogP) is 15.7. The van der Waals surface area contributed by atoms with Crippen LogP contribution >= 0.6 is 95.5 Å². The van der Waals surface area contributed by atoms with Gasteiger partial charge in [-0.15, -0.1) is 29.0 Å². The first-order valence-corrected chi connectivity index (χ1v) is 31.2. The molecular formula is C63H54Br3ClN12O10S3. The Bertz CT molecular complexity index is 4080. The van der Waals surface area contributed by atoms with E-state index in [1.165, 1.54) is 27.2 Å². The van der Waals surface area contributed by atoms with Crippen molar-refractivity contribution in [1.29, 1.82) is 0 Å². The molecule has 92 heavy (non-hydrogen) atoms. The van der Waals surface area contributed by atoms with Gasteiger partial charge in [-0.25, -0.2) is 9.36 Å². The number of amides is 6. The number of likely N-dealkylation sites (N-methyl/N-ethyl adjacent to an activating group) is 3. The van der Waals surface area contributed by atoms with E-state index in [0.717, 1.165) is 92.6 Å². The van der Waals surface area contributed by atoms with Crippen molar-refractivity contribution < 1.29 is 48.1 Å². The zero-order chi connectivity index (χ0) is 64.6. The molecule has 5 heterocycles. The summed E-state index contributed by atoms with van der Waals surface area (Å²) in [5, 5.41) is 29.2. The van der Waals surface area contributed by atoms with Gasteiger partial charge in [0.15, 0.2) is 11.5 Å². The zero-order valence-electron chi connectivity index (χ0n) is 48.5. The number of aromatic hydroxyl groups is 1. The SMILES string of the molecule is C.C#CCOc1cc(/C=C2\SC(=O)N(C)C2=O)c(Br)cc1C.CN1C(=O)S/C(=C\c2cc(OCc3cn(-c4ccccc4)nn3)c(O)cc2Br)C1=O.Cc1cc(Br)c(/C=C2\SC(=O)N(C)C2=O)cc1OCc1cn(-c2ccccc2)nn1.Cl.[N-]=[N+]=Nc1ccccc1. The van der Waals surface area contributed by atoms with Crippen molar-refractivity contribution in [1.82, 2.24) is 44.7 Å². The molecule has 11 rings (SSSR count). The largest absolute Gasteiger partial charge is 0.504 e. The predicted molar refractivity (Wildman–Crippen MR) is 370 cm³/mol. The van der Waals surface area contributed by atoms with Crippen LogP contribution in [0.1, 0.15) is 46.6 Å². The second-order valence-electron chi connectivity index (χ2n) is 18.9. The number of aryl methyl sites for hydroxylation is 2. The van der Waals surface area contributed by atoms with Gasteiger partial charge in [0.05, 0.1) is 38.5 Å². The summed E-state index contributed by atoms with van der Waals surface area (Å²) < 4.78 is 22.7. The fourth-order valence-corrected chi connectivity index (χ4v) is 11.9. The van der Waals surface area contributed by atoms with Gasteiger partial charge in [0.2, 0.25) is 0 Å². The highest BCUT2D eigenvalue weighted by Gasteiger charge is 2.34. The van der Waals surface area contributed by atoms with E-state index in [0.29, 0.717) is 53.3 Å². The molecule has 472 valence electrons. The zero-order valence-corrected chi connectivity index (χ0v) is 56.5. The lowest BCUT2D eigenvalue weighted by Crippen LogP contribution is -2.22. The van der Waals surface area contributed by atoms with Gasteiger partial charge in [0.25, 0.3) is 33.4 Å². The highest BCUT2D eigenvalue weighted by atomic mass is 79.9. The van der Waals surface area contributed by atoms with E-state index in [9.17, 15) is 33.9 Å². The summed E-state index contributed by atoms with van der Waals surface area (Å²) in [5.41, 5.74) is 15.6. The van der Waals surface area contributed by atoms with Crippen molar-refractivity contribution in [2.75, 3.05) is 27.7 Å². The molecule has 0 atom stereocenters. The third-order valence-corrected chi connectivity index (χ3v) is 17.5. The maximum Gasteiger partial charge on any atom is 0.293 e. The molecule has 0 spiro atoms. The second kappa shape index (κ2) is 34.0. The smallest absolute Gasteiger partial charge is 0.293 e. The van der Waals surface area contributed by atoms with E-state index in [-0.39, 0.29) is 84.6 Å². The maximum absolute atomic E-state index is 12.2. The molecule has 0 aliphatic carbocycles. The number of para-hydroxylation sites is 2. The van der Waals surface area contributed by atoms with Gasteiger partial charge in [-0.05, 0) is 161 Å². The minimum absolute atomic E-state index is 0. The number of hydrogen-bond donors (Lipinski definition) is 1. The number of carbonyl (C=O) groups excluding carboxylic acids is 6. The number of phenolic OH excluding ortho intramolecular Hbond substituents is 1. The first-order valence-electron chi connectivity index (χ1n) is 26.3. The molecule has 6 amide bonds. The topological polar surface area (TPSA) is 270 Å². The Morgan fingerprint density at radius 1 is 0.576 bits per heavy atom. The van der Waals surface area contributed by atoms with Crippen molar-refractivity contribution in [3.63, 3.8) is 0 Å². The fourth-order valence-electron chi connectivity index (χ4n) is 7.83. The van der Waals surface area contributed by atoms with Crippen LogP contribution in [0, 0.1) is 26.2 Å². The van der Waals surface area contributed by atoms with Gasteiger partial charge in [0.1, 0.15) is 42.7 Å². The highest BCUT2D eigenvalue weighted by Crippen LogP contribution is 2.39. The molecular weight excluding hydrogens is 1460 g/mol. The van der Waals surface area contributed by atoms with Crippen LogP contribution < -0.4 is 14.2 Å². The third kappa shape index (κ3) is 18.9. The number of benzene rings is 6. The second-order valence-corrected chi connectivity index (χ2v) is 24.5.